The molecule has 18 heavy (non-hydrogen) atoms. The van der Waals surface area contributed by atoms with E-state index in [0.29, 0.717) is 5.57 Å². The first kappa shape index (κ1) is 14.5. The van der Waals surface area contributed by atoms with Crippen LogP contribution in [0.25, 0.3) is 0 Å². The minimum atomic E-state index is -0.542. The largest absolute Gasteiger partial charge is 0.459 e. The van der Waals surface area contributed by atoms with E-state index in [2.05, 4.69) is 6.58 Å². The van der Waals surface area contributed by atoms with E-state index in [9.17, 15) is 9.59 Å². The van der Waals surface area contributed by atoms with Gasteiger partial charge < -0.3 is 9.47 Å². The van der Waals surface area contributed by atoms with Crippen LogP contribution in [0.1, 0.15) is 46.0 Å². The molecule has 0 N–H and O–H groups in total. The van der Waals surface area contributed by atoms with Gasteiger partial charge in [-0.2, -0.15) is 0 Å². The molecule has 0 radical (unpaired) electrons. The van der Waals surface area contributed by atoms with E-state index in [1.54, 1.807) is 13.8 Å². The molecule has 0 atom stereocenters. The summed E-state index contributed by atoms with van der Waals surface area (Å²) in [5.41, 5.74) is 0.579. The zero-order chi connectivity index (χ0) is 13.5. The van der Waals surface area contributed by atoms with Crippen LogP contribution in [0.3, 0.4) is 0 Å². The highest BCUT2D eigenvalue weighted by atomic mass is 16.5. The second kappa shape index (κ2) is 6.99. The van der Waals surface area contributed by atoms with Crippen molar-refractivity contribution in [2.45, 2.75) is 52.1 Å². The quantitative estimate of drug-likeness (QED) is 0.438. The Labute approximate surface area is 108 Å². The molecular weight excluding hydrogens is 232 g/mol. The van der Waals surface area contributed by atoms with E-state index in [-0.39, 0.29) is 11.7 Å². The predicted molar refractivity (Wildman–Crippen MR) is 67.6 cm³/mol. The third-order valence-corrected chi connectivity index (χ3v) is 2.84. The monoisotopic (exact) mass is 252 g/mol. The van der Waals surface area contributed by atoms with Crippen LogP contribution in [0.4, 0.5) is 0 Å². The molecule has 100 valence electrons. The van der Waals surface area contributed by atoms with Gasteiger partial charge in [-0.25, -0.2) is 9.59 Å². The van der Waals surface area contributed by atoms with Gasteiger partial charge >= 0.3 is 11.9 Å². The molecule has 1 fully saturated rings. The molecule has 0 aromatic heterocycles. The molecule has 1 saturated carbocycles. The fourth-order valence-corrected chi connectivity index (χ4v) is 1.72. The molecule has 0 saturated heterocycles. The molecule has 0 unspecified atom stereocenters. The van der Waals surface area contributed by atoms with Crippen LogP contribution in [-0.2, 0) is 19.1 Å². The Morgan fingerprint density at radius 2 is 1.72 bits per heavy atom. The normalized spacial score (nSPS) is 17.1. The predicted octanol–water partition coefficient (Wildman–Crippen LogP) is 2.89. The van der Waals surface area contributed by atoms with E-state index in [0.717, 1.165) is 31.9 Å². The lowest BCUT2D eigenvalue weighted by molar-refractivity contribution is -0.145. The van der Waals surface area contributed by atoms with Crippen LogP contribution in [0.15, 0.2) is 24.0 Å². The molecule has 0 aromatic rings. The molecule has 0 spiro atoms. The molecule has 0 aliphatic heterocycles. The summed E-state index contributed by atoms with van der Waals surface area (Å²) < 4.78 is 10.1. The molecule has 0 bridgehead atoms. The van der Waals surface area contributed by atoms with Crippen molar-refractivity contribution < 1.29 is 19.1 Å². The maximum absolute atomic E-state index is 11.7. The Morgan fingerprint density at radius 1 is 1.11 bits per heavy atom. The molecule has 1 aliphatic rings. The van der Waals surface area contributed by atoms with Crippen molar-refractivity contribution in [3.05, 3.63) is 24.0 Å². The van der Waals surface area contributed by atoms with Crippen molar-refractivity contribution >= 4 is 11.9 Å². The Morgan fingerprint density at radius 3 is 2.28 bits per heavy atom. The number of ether oxygens (including phenoxy) is 2. The topological polar surface area (TPSA) is 52.6 Å². The summed E-state index contributed by atoms with van der Waals surface area (Å²) in [6.07, 6.45) is 6.39. The lowest BCUT2D eigenvalue weighted by Crippen LogP contribution is -2.21. The minimum Gasteiger partial charge on any atom is -0.459 e. The first-order chi connectivity index (χ1) is 8.50. The maximum atomic E-state index is 11.7. The van der Waals surface area contributed by atoms with Gasteiger partial charge in [0.05, 0.1) is 5.57 Å². The zero-order valence-corrected chi connectivity index (χ0v) is 11.0. The number of carbonyl (C=O) groups is 2. The first-order valence-corrected chi connectivity index (χ1v) is 6.25. The van der Waals surface area contributed by atoms with Gasteiger partial charge in [-0.15, -0.1) is 0 Å². The third kappa shape index (κ3) is 4.73. The molecular formula is C14H20O4. The van der Waals surface area contributed by atoms with E-state index < -0.39 is 11.9 Å². The first-order valence-electron chi connectivity index (χ1n) is 6.25. The summed E-state index contributed by atoms with van der Waals surface area (Å²) in [5.74, 6) is -0.962. The van der Waals surface area contributed by atoms with Gasteiger partial charge in [-0.1, -0.05) is 13.0 Å². The van der Waals surface area contributed by atoms with Crippen molar-refractivity contribution in [3.8, 4) is 0 Å². The minimum absolute atomic E-state index is 0.00596. The van der Waals surface area contributed by atoms with E-state index >= 15 is 0 Å². The summed E-state index contributed by atoms with van der Waals surface area (Å²) in [4.78, 5) is 22.8. The molecule has 1 aliphatic carbocycles. The fourth-order valence-electron chi connectivity index (χ4n) is 1.72. The summed E-state index contributed by atoms with van der Waals surface area (Å²) in [6, 6.07) is 0. The van der Waals surface area contributed by atoms with Crippen LogP contribution < -0.4 is 0 Å². The van der Waals surface area contributed by atoms with Gasteiger partial charge in [-0.3, -0.25) is 0 Å². The summed E-state index contributed by atoms with van der Waals surface area (Å²) in [6.45, 7) is 6.57. The Bertz CT molecular complexity index is 362. The Balaban J connectivity index is 2.42. The fraction of sp³-hybridized carbons (Fsp3) is 0.571. The Hall–Kier alpha value is -1.58. The average Bonchev–Trinajstić information content (AvgIpc) is 2.36. The van der Waals surface area contributed by atoms with Gasteiger partial charge in [-0.05, 0) is 39.5 Å². The van der Waals surface area contributed by atoms with Gasteiger partial charge in [0.15, 0.2) is 0 Å². The average molecular weight is 252 g/mol. The highest BCUT2D eigenvalue weighted by molar-refractivity contribution is 5.90. The number of rotatable bonds is 4. The van der Waals surface area contributed by atoms with Crippen molar-refractivity contribution in [1.29, 1.82) is 0 Å². The van der Waals surface area contributed by atoms with E-state index in [1.165, 1.54) is 6.42 Å². The van der Waals surface area contributed by atoms with Gasteiger partial charge in [0.1, 0.15) is 12.4 Å². The van der Waals surface area contributed by atoms with Crippen LogP contribution >= 0.6 is 0 Å². The molecule has 1 rings (SSSR count). The zero-order valence-electron chi connectivity index (χ0n) is 11.0. The number of hydrogen-bond acceptors (Lipinski definition) is 4. The van der Waals surface area contributed by atoms with Crippen molar-refractivity contribution in [3.63, 3.8) is 0 Å². The van der Waals surface area contributed by atoms with Crippen LogP contribution in [0.5, 0.6) is 0 Å². The molecule has 0 heterocycles. The second-order valence-corrected chi connectivity index (χ2v) is 4.65. The molecule has 4 heteroatoms. The van der Waals surface area contributed by atoms with Crippen LogP contribution in [0, 0.1) is 0 Å². The van der Waals surface area contributed by atoms with Gasteiger partial charge in [0.25, 0.3) is 0 Å². The lowest BCUT2D eigenvalue weighted by Gasteiger charge is -2.21. The van der Waals surface area contributed by atoms with Crippen molar-refractivity contribution in [2.24, 2.45) is 0 Å². The van der Waals surface area contributed by atoms with E-state index in [4.69, 9.17) is 9.47 Å². The second-order valence-electron chi connectivity index (χ2n) is 4.65. The van der Waals surface area contributed by atoms with Gasteiger partial charge in [0, 0.05) is 5.57 Å². The molecule has 0 aromatic carbocycles. The van der Waals surface area contributed by atoms with Crippen LogP contribution in [-0.4, -0.2) is 18.0 Å². The SMILES string of the molecule is C=C(C)C(=O)OC=C(C)C(=O)OC1CCCCC1. The standard InChI is InChI=1S/C14H20O4/c1-10(2)13(15)17-9-11(3)14(16)18-12-7-5-4-6-8-12/h9,12H,1,4-8H2,2-3H3. The highest BCUT2D eigenvalue weighted by Crippen LogP contribution is 2.21. The molecule has 4 nitrogen and oxygen atoms in total. The van der Waals surface area contributed by atoms with Gasteiger partial charge in [0.2, 0.25) is 0 Å². The lowest BCUT2D eigenvalue weighted by atomic mass is 9.98. The summed E-state index contributed by atoms with van der Waals surface area (Å²) >= 11 is 0. The third-order valence-electron chi connectivity index (χ3n) is 2.84. The maximum Gasteiger partial charge on any atom is 0.337 e. The smallest absolute Gasteiger partial charge is 0.337 e. The van der Waals surface area contributed by atoms with Crippen molar-refractivity contribution in [2.75, 3.05) is 0 Å². The summed E-state index contributed by atoms with van der Waals surface area (Å²) in [7, 11) is 0. The van der Waals surface area contributed by atoms with Crippen LogP contribution in [0.2, 0.25) is 0 Å². The van der Waals surface area contributed by atoms with Crippen molar-refractivity contribution in [1.82, 2.24) is 0 Å². The summed E-state index contributed by atoms with van der Waals surface area (Å²) in [5, 5.41) is 0. The molecule has 0 amide bonds. The number of esters is 2. The highest BCUT2D eigenvalue weighted by Gasteiger charge is 2.18. The number of carbonyl (C=O) groups excluding carboxylic acids is 2. The Kier molecular flexibility index (Phi) is 5.62. The van der Waals surface area contributed by atoms with E-state index in [1.807, 2.05) is 0 Å². The number of hydrogen-bond donors (Lipinski definition) is 0.